The Bertz CT molecular complexity index is 488. The van der Waals surface area contributed by atoms with Crippen LogP contribution in [0.2, 0.25) is 0 Å². The number of hydrogen-bond acceptors (Lipinski definition) is 4. The highest BCUT2D eigenvalue weighted by Gasteiger charge is 2.20. The van der Waals surface area contributed by atoms with Gasteiger partial charge in [-0.3, -0.25) is 4.79 Å². The molecule has 6 heteroatoms. The van der Waals surface area contributed by atoms with Gasteiger partial charge in [0.25, 0.3) is 5.56 Å². The second-order valence-corrected chi connectivity index (χ2v) is 5.82. The molecule has 1 aliphatic rings. The number of hydrogen-bond donors (Lipinski definition) is 1. The van der Waals surface area contributed by atoms with Gasteiger partial charge in [-0.2, -0.15) is 5.10 Å². The molecule has 1 aliphatic heterocycles. The fourth-order valence-corrected chi connectivity index (χ4v) is 2.85. The van der Waals surface area contributed by atoms with E-state index in [1.807, 2.05) is 0 Å². The molecule has 1 atom stereocenters. The highest BCUT2D eigenvalue weighted by atomic mass is 79.9. The molecule has 2 heterocycles. The Morgan fingerprint density at radius 3 is 3.05 bits per heavy atom. The van der Waals surface area contributed by atoms with Crippen molar-refractivity contribution in [1.29, 1.82) is 0 Å². The van der Waals surface area contributed by atoms with E-state index in [1.165, 1.54) is 0 Å². The molecule has 0 aliphatic carbocycles. The van der Waals surface area contributed by atoms with Gasteiger partial charge in [0.1, 0.15) is 4.47 Å². The zero-order valence-corrected chi connectivity index (χ0v) is 13.1. The molecule has 5 nitrogen and oxygen atoms in total. The van der Waals surface area contributed by atoms with Gasteiger partial charge >= 0.3 is 0 Å². The first-order chi connectivity index (χ1) is 9.13. The molecule has 0 amide bonds. The standard InChI is InChI=1S/C13H21BrN4O/c1-3-4-6-18-13(19)12(14)11(8-16-18)17-7-5-15-10(2)9-17/h8,10,15H,3-7,9H2,1-2H3/t10-/m1/s1. The third kappa shape index (κ3) is 3.36. The van der Waals surface area contributed by atoms with Crippen LogP contribution in [-0.2, 0) is 6.54 Å². The molecule has 1 fully saturated rings. The summed E-state index contributed by atoms with van der Waals surface area (Å²) in [7, 11) is 0. The average molecular weight is 329 g/mol. The maximum atomic E-state index is 12.2. The summed E-state index contributed by atoms with van der Waals surface area (Å²) >= 11 is 3.44. The average Bonchev–Trinajstić information content (AvgIpc) is 2.40. The molecule has 1 saturated heterocycles. The molecule has 0 spiro atoms. The minimum absolute atomic E-state index is 0.0304. The lowest BCUT2D eigenvalue weighted by Crippen LogP contribution is -2.49. The van der Waals surface area contributed by atoms with Crippen LogP contribution in [0.3, 0.4) is 0 Å². The molecule has 0 aromatic carbocycles. The van der Waals surface area contributed by atoms with Crippen molar-refractivity contribution in [2.75, 3.05) is 24.5 Å². The molecule has 0 radical (unpaired) electrons. The molecule has 0 unspecified atom stereocenters. The van der Waals surface area contributed by atoms with Gasteiger partial charge in [-0.25, -0.2) is 4.68 Å². The van der Waals surface area contributed by atoms with Crippen LogP contribution in [0.25, 0.3) is 0 Å². The van der Waals surface area contributed by atoms with E-state index in [9.17, 15) is 4.79 Å². The van der Waals surface area contributed by atoms with Crippen molar-refractivity contribution in [2.45, 2.75) is 39.3 Å². The summed E-state index contributed by atoms with van der Waals surface area (Å²) in [4.78, 5) is 14.4. The zero-order valence-electron chi connectivity index (χ0n) is 11.5. The van der Waals surface area contributed by atoms with Gasteiger partial charge in [-0.05, 0) is 29.3 Å². The van der Waals surface area contributed by atoms with Crippen LogP contribution in [0.4, 0.5) is 5.69 Å². The highest BCUT2D eigenvalue weighted by Crippen LogP contribution is 2.22. The van der Waals surface area contributed by atoms with Crippen LogP contribution in [0.1, 0.15) is 26.7 Å². The predicted molar refractivity (Wildman–Crippen MR) is 80.8 cm³/mol. The van der Waals surface area contributed by atoms with Gasteiger partial charge in [0.2, 0.25) is 0 Å². The number of halogens is 1. The number of piperazine rings is 1. The van der Waals surface area contributed by atoms with Gasteiger partial charge in [-0.15, -0.1) is 0 Å². The molecule has 1 aromatic heterocycles. The number of aromatic nitrogens is 2. The highest BCUT2D eigenvalue weighted by molar-refractivity contribution is 9.10. The first kappa shape index (κ1) is 14.5. The lowest BCUT2D eigenvalue weighted by molar-refractivity contribution is 0.481. The summed E-state index contributed by atoms with van der Waals surface area (Å²) in [5.41, 5.74) is 0.878. The van der Waals surface area contributed by atoms with Crippen LogP contribution < -0.4 is 15.8 Å². The Morgan fingerprint density at radius 2 is 2.37 bits per heavy atom. The van der Waals surface area contributed by atoms with E-state index in [0.717, 1.165) is 38.2 Å². The molecule has 0 saturated carbocycles. The van der Waals surface area contributed by atoms with E-state index in [1.54, 1.807) is 10.9 Å². The van der Waals surface area contributed by atoms with E-state index in [0.29, 0.717) is 17.1 Å². The SMILES string of the molecule is CCCCn1ncc(N2CCN[C@H](C)C2)c(Br)c1=O. The summed E-state index contributed by atoms with van der Waals surface area (Å²) in [6.07, 6.45) is 3.84. The lowest BCUT2D eigenvalue weighted by Gasteiger charge is -2.33. The van der Waals surface area contributed by atoms with Gasteiger partial charge in [0.15, 0.2) is 0 Å². The van der Waals surface area contributed by atoms with Crippen molar-refractivity contribution in [3.63, 3.8) is 0 Å². The van der Waals surface area contributed by atoms with Crippen molar-refractivity contribution < 1.29 is 0 Å². The number of nitrogens with zero attached hydrogens (tertiary/aromatic N) is 3. The maximum Gasteiger partial charge on any atom is 0.283 e. The monoisotopic (exact) mass is 328 g/mol. The summed E-state index contributed by atoms with van der Waals surface area (Å²) in [6, 6.07) is 0.433. The molecule has 19 heavy (non-hydrogen) atoms. The molecule has 1 aromatic rings. The Hall–Kier alpha value is -0.880. The van der Waals surface area contributed by atoms with E-state index in [4.69, 9.17) is 0 Å². The number of aryl methyl sites for hydroxylation is 1. The lowest BCUT2D eigenvalue weighted by atomic mass is 10.2. The topological polar surface area (TPSA) is 50.2 Å². The van der Waals surface area contributed by atoms with Gasteiger partial charge in [0.05, 0.1) is 11.9 Å². The third-order valence-corrected chi connectivity index (χ3v) is 4.14. The van der Waals surface area contributed by atoms with Crippen molar-refractivity contribution >= 4 is 21.6 Å². The summed E-state index contributed by atoms with van der Waals surface area (Å²) in [5.74, 6) is 0. The molecular weight excluding hydrogens is 308 g/mol. The summed E-state index contributed by atoms with van der Waals surface area (Å²) in [5, 5.41) is 7.68. The van der Waals surface area contributed by atoms with Crippen molar-refractivity contribution in [3.05, 3.63) is 21.0 Å². The van der Waals surface area contributed by atoms with E-state index in [2.05, 4.69) is 45.1 Å². The molecule has 0 bridgehead atoms. The number of rotatable bonds is 4. The predicted octanol–water partition coefficient (Wildman–Crippen LogP) is 1.60. The van der Waals surface area contributed by atoms with Crippen molar-refractivity contribution in [2.24, 2.45) is 0 Å². The third-order valence-electron chi connectivity index (χ3n) is 3.40. The molecule has 2 rings (SSSR count). The van der Waals surface area contributed by atoms with Crippen LogP contribution >= 0.6 is 15.9 Å². The van der Waals surface area contributed by atoms with Gasteiger partial charge in [-0.1, -0.05) is 13.3 Å². The van der Waals surface area contributed by atoms with Crippen molar-refractivity contribution in [3.8, 4) is 0 Å². The fraction of sp³-hybridized carbons (Fsp3) is 0.692. The van der Waals surface area contributed by atoms with E-state index >= 15 is 0 Å². The molecule has 106 valence electrons. The Kier molecular flexibility index (Phi) is 4.99. The number of anilines is 1. The Labute approximate surface area is 122 Å². The van der Waals surface area contributed by atoms with Gasteiger partial charge in [0, 0.05) is 32.2 Å². The minimum atomic E-state index is -0.0304. The normalized spacial score (nSPS) is 19.7. The van der Waals surface area contributed by atoms with Crippen LogP contribution in [0.15, 0.2) is 15.5 Å². The van der Waals surface area contributed by atoms with Crippen LogP contribution in [0.5, 0.6) is 0 Å². The first-order valence-electron chi connectivity index (χ1n) is 6.87. The van der Waals surface area contributed by atoms with Crippen molar-refractivity contribution in [1.82, 2.24) is 15.1 Å². The largest absolute Gasteiger partial charge is 0.366 e. The quantitative estimate of drug-likeness (QED) is 0.912. The number of nitrogens with one attached hydrogen (secondary N) is 1. The Morgan fingerprint density at radius 1 is 1.58 bits per heavy atom. The Balaban J connectivity index is 2.22. The summed E-state index contributed by atoms with van der Waals surface area (Å²) in [6.45, 7) is 7.69. The first-order valence-corrected chi connectivity index (χ1v) is 7.66. The smallest absolute Gasteiger partial charge is 0.283 e. The van der Waals surface area contributed by atoms with E-state index in [-0.39, 0.29) is 5.56 Å². The second-order valence-electron chi connectivity index (χ2n) is 5.03. The molecule has 1 N–H and O–H groups in total. The fourth-order valence-electron chi connectivity index (χ4n) is 2.30. The minimum Gasteiger partial charge on any atom is -0.366 e. The van der Waals surface area contributed by atoms with Crippen LogP contribution in [0, 0.1) is 0 Å². The van der Waals surface area contributed by atoms with E-state index < -0.39 is 0 Å². The zero-order chi connectivity index (χ0) is 13.8. The summed E-state index contributed by atoms with van der Waals surface area (Å²) < 4.78 is 2.18. The number of unbranched alkanes of at least 4 members (excludes halogenated alkanes) is 1. The second kappa shape index (κ2) is 6.52. The maximum absolute atomic E-state index is 12.2. The van der Waals surface area contributed by atoms with Crippen LogP contribution in [-0.4, -0.2) is 35.5 Å². The van der Waals surface area contributed by atoms with Gasteiger partial charge < -0.3 is 10.2 Å². The molecular formula is C13H21BrN4O.